The highest BCUT2D eigenvalue weighted by Crippen LogP contribution is 2.25. The summed E-state index contributed by atoms with van der Waals surface area (Å²) in [6, 6.07) is 0. The molecule has 1 N–H and O–H groups in total. The molecule has 8 heteroatoms. The molecule has 0 fully saturated rings. The molecule has 1 aromatic heterocycles. The van der Waals surface area contributed by atoms with E-state index >= 15 is 0 Å². The fourth-order valence-corrected chi connectivity index (χ4v) is 2.76. The molecule has 16 heavy (non-hydrogen) atoms. The van der Waals surface area contributed by atoms with Crippen molar-refractivity contribution in [2.24, 2.45) is 0 Å². The van der Waals surface area contributed by atoms with Crippen molar-refractivity contribution >= 4 is 46.5 Å². The molecule has 0 radical (unpaired) electrons. The standard InChI is InChI=1S/C8H14N4OS2.ClH/c1-6(13)9-7-10-11-8(15-7)14-5-4-12(2)3;/h4-5H2,1-3H3,(H,9,10,13);1H. The first kappa shape index (κ1) is 15.6. The van der Waals surface area contributed by atoms with Crippen LogP contribution in [0.15, 0.2) is 4.34 Å². The van der Waals surface area contributed by atoms with E-state index in [1.165, 1.54) is 18.3 Å². The molecule has 1 aromatic rings. The van der Waals surface area contributed by atoms with Gasteiger partial charge >= 0.3 is 0 Å². The van der Waals surface area contributed by atoms with E-state index in [-0.39, 0.29) is 18.3 Å². The third-order valence-corrected chi connectivity index (χ3v) is 3.41. The molecular formula is C8H15ClN4OS2. The fourth-order valence-electron chi connectivity index (χ4n) is 0.785. The van der Waals surface area contributed by atoms with Crippen LogP contribution in [-0.4, -0.2) is 47.4 Å². The van der Waals surface area contributed by atoms with Gasteiger partial charge in [-0.15, -0.1) is 22.6 Å². The SMILES string of the molecule is CC(=O)Nc1nnc(SCCN(C)C)s1.Cl. The largest absolute Gasteiger partial charge is 0.309 e. The van der Waals surface area contributed by atoms with Crippen molar-refractivity contribution in [1.82, 2.24) is 15.1 Å². The van der Waals surface area contributed by atoms with Crippen LogP contribution >= 0.6 is 35.5 Å². The summed E-state index contributed by atoms with van der Waals surface area (Å²) in [5.74, 6) is 0.859. The molecule has 1 rings (SSSR count). The fraction of sp³-hybridized carbons (Fsp3) is 0.625. The summed E-state index contributed by atoms with van der Waals surface area (Å²) < 4.78 is 0.889. The van der Waals surface area contributed by atoms with Crippen molar-refractivity contribution in [2.45, 2.75) is 11.3 Å². The first-order valence-electron chi connectivity index (χ1n) is 4.46. The molecule has 0 saturated heterocycles. The first-order valence-corrected chi connectivity index (χ1v) is 6.27. The van der Waals surface area contributed by atoms with E-state index in [9.17, 15) is 4.79 Å². The quantitative estimate of drug-likeness (QED) is 0.656. The predicted molar refractivity (Wildman–Crippen MR) is 70.7 cm³/mol. The summed E-state index contributed by atoms with van der Waals surface area (Å²) in [6.45, 7) is 2.46. The lowest BCUT2D eigenvalue weighted by Crippen LogP contribution is -2.14. The van der Waals surface area contributed by atoms with E-state index in [0.717, 1.165) is 16.6 Å². The number of amides is 1. The van der Waals surface area contributed by atoms with Gasteiger partial charge < -0.3 is 10.2 Å². The molecule has 0 aliphatic rings. The molecule has 0 aromatic carbocycles. The predicted octanol–water partition coefficient (Wildman–Crippen LogP) is 1.57. The number of hydrogen-bond donors (Lipinski definition) is 1. The van der Waals surface area contributed by atoms with Gasteiger partial charge in [0.2, 0.25) is 11.0 Å². The van der Waals surface area contributed by atoms with Gasteiger partial charge in [0.05, 0.1) is 0 Å². The number of anilines is 1. The van der Waals surface area contributed by atoms with Crippen LogP contribution in [0.2, 0.25) is 0 Å². The number of rotatable bonds is 5. The van der Waals surface area contributed by atoms with Gasteiger partial charge in [-0.1, -0.05) is 23.1 Å². The minimum absolute atomic E-state index is 0. The number of aromatic nitrogens is 2. The molecule has 0 unspecified atom stereocenters. The van der Waals surface area contributed by atoms with Crippen molar-refractivity contribution in [1.29, 1.82) is 0 Å². The minimum atomic E-state index is -0.115. The average molecular weight is 283 g/mol. The molecule has 0 aliphatic heterocycles. The van der Waals surface area contributed by atoms with Gasteiger partial charge in [-0.3, -0.25) is 4.79 Å². The Hall–Kier alpha value is -0.370. The number of halogens is 1. The number of hydrogen-bond acceptors (Lipinski definition) is 6. The van der Waals surface area contributed by atoms with Crippen molar-refractivity contribution in [3.05, 3.63) is 0 Å². The Kier molecular flexibility index (Phi) is 7.65. The zero-order chi connectivity index (χ0) is 11.3. The van der Waals surface area contributed by atoms with E-state index in [0.29, 0.717) is 5.13 Å². The molecule has 5 nitrogen and oxygen atoms in total. The van der Waals surface area contributed by atoms with Gasteiger partial charge in [-0.25, -0.2) is 0 Å². The summed E-state index contributed by atoms with van der Waals surface area (Å²) in [7, 11) is 4.06. The van der Waals surface area contributed by atoms with Crippen LogP contribution in [-0.2, 0) is 4.79 Å². The Balaban J connectivity index is 0.00000225. The number of nitrogens with zero attached hydrogens (tertiary/aromatic N) is 3. The summed E-state index contributed by atoms with van der Waals surface area (Å²) in [5.41, 5.74) is 0. The summed E-state index contributed by atoms with van der Waals surface area (Å²) in [6.07, 6.45) is 0. The highest BCUT2D eigenvalue weighted by molar-refractivity contribution is 8.01. The Labute approximate surface area is 109 Å². The van der Waals surface area contributed by atoms with Crippen LogP contribution < -0.4 is 5.32 Å². The molecular weight excluding hydrogens is 268 g/mol. The van der Waals surface area contributed by atoms with Crippen molar-refractivity contribution < 1.29 is 4.79 Å². The molecule has 0 aliphatic carbocycles. The average Bonchev–Trinajstić information content (AvgIpc) is 2.50. The van der Waals surface area contributed by atoms with Gasteiger partial charge in [0, 0.05) is 19.2 Å². The topological polar surface area (TPSA) is 58.1 Å². The van der Waals surface area contributed by atoms with Crippen LogP contribution in [0.4, 0.5) is 5.13 Å². The third kappa shape index (κ3) is 6.26. The Morgan fingerprint density at radius 1 is 1.50 bits per heavy atom. The number of thioether (sulfide) groups is 1. The Morgan fingerprint density at radius 2 is 2.19 bits per heavy atom. The summed E-state index contributed by atoms with van der Waals surface area (Å²) in [4.78, 5) is 12.9. The van der Waals surface area contributed by atoms with Crippen LogP contribution in [0.1, 0.15) is 6.92 Å². The van der Waals surface area contributed by atoms with Crippen LogP contribution in [0.25, 0.3) is 0 Å². The first-order chi connectivity index (χ1) is 7.08. The second-order valence-corrected chi connectivity index (χ2v) is 5.53. The maximum absolute atomic E-state index is 10.7. The Morgan fingerprint density at radius 3 is 2.75 bits per heavy atom. The highest BCUT2D eigenvalue weighted by atomic mass is 35.5. The molecule has 1 heterocycles. The van der Waals surface area contributed by atoms with Crippen molar-refractivity contribution in [3.63, 3.8) is 0 Å². The number of carbonyl (C=O) groups is 1. The van der Waals surface area contributed by atoms with E-state index in [4.69, 9.17) is 0 Å². The molecule has 1 amide bonds. The van der Waals surface area contributed by atoms with Crippen LogP contribution in [0.3, 0.4) is 0 Å². The van der Waals surface area contributed by atoms with Crippen LogP contribution in [0, 0.1) is 0 Å². The lowest BCUT2D eigenvalue weighted by Gasteiger charge is -2.06. The third-order valence-electron chi connectivity index (χ3n) is 1.45. The maximum atomic E-state index is 10.7. The van der Waals surface area contributed by atoms with E-state index < -0.39 is 0 Å². The molecule has 0 bridgehead atoms. The number of carbonyl (C=O) groups excluding carboxylic acids is 1. The van der Waals surface area contributed by atoms with Gasteiger partial charge in [0.15, 0.2) is 4.34 Å². The van der Waals surface area contributed by atoms with E-state index in [1.807, 2.05) is 14.1 Å². The highest BCUT2D eigenvalue weighted by Gasteiger charge is 2.05. The lowest BCUT2D eigenvalue weighted by atomic mass is 10.7. The summed E-state index contributed by atoms with van der Waals surface area (Å²) >= 11 is 3.05. The second-order valence-electron chi connectivity index (χ2n) is 3.21. The maximum Gasteiger partial charge on any atom is 0.223 e. The monoisotopic (exact) mass is 282 g/mol. The number of nitrogens with one attached hydrogen (secondary N) is 1. The Bertz CT molecular complexity index is 332. The molecule has 0 spiro atoms. The van der Waals surface area contributed by atoms with Gasteiger partial charge in [-0.2, -0.15) is 0 Å². The molecule has 92 valence electrons. The molecule has 0 saturated carbocycles. The van der Waals surface area contributed by atoms with Gasteiger partial charge in [-0.05, 0) is 14.1 Å². The molecule has 0 atom stereocenters. The summed E-state index contributed by atoms with van der Waals surface area (Å²) in [5, 5.41) is 11.0. The van der Waals surface area contributed by atoms with Crippen LogP contribution in [0.5, 0.6) is 0 Å². The zero-order valence-corrected chi connectivity index (χ0v) is 11.8. The normalized spacial score (nSPS) is 10.0. The smallest absolute Gasteiger partial charge is 0.223 e. The van der Waals surface area contributed by atoms with Gasteiger partial charge in [0.25, 0.3) is 0 Å². The van der Waals surface area contributed by atoms with E-state index in [1.54, 1.807) is 11.8 Å². The van der Waals surface area contributed by atoms with Crippen molar-refractivity contribution in [2.75, 3.05) is 31.7 Å². The minimum Gasteiger partial charge on any atom is -0.309 e. The second kappa shape index (κ2) is 7.83. The van der Waals surface area contributed by atoms with Crippen molar-refractivity contribution in [3.8, 4) is 0 Å². The van der Waals surface area contributed by atoms with E-state index in [2.05, 4.69) is 20.4 Å². The zero-order valence-electron chi connectivity index (χ0n) is 9.39. The lowest BCUT2D eigenvalue weighted by molar-refractivity contribution is -0.114. The van der Waals surface area contributed by atoms with Gasteiger partial charge in [0.1, 0.15) is 0 Å².